The molecule has 1 aliphatic rings. The van der Waals surface area contributed by atoms with E-state index in [1.54, 1.807) is 24.1 Å². The highest BCUT2D eigenvalue weighted by molar-refractivity contribution is 5.95. The molecule has 1 aromatic carbocycles. The molecule has 0 unspecified atom stereocenters. The standard InChI is InChI=1S/C16H24N4O3/c1-16(2,9-17)10-19(3)15(21)11-4-7-13(18-12-5-6-12)14(8-11)20(22)23/h4,7-8,12,18H,5-6,9-10,17H2,1-3H3. The Kier molecular flexibility index (Phi) is 4.89. The molecule has 0 spiro atoms. The zero-order valence-electron chi connectivity index (χ0n) is 13.8. The van der Waals surface area contributed by atoms with Crippen LogP contribution in [0.4, 0.5) is 11.4 Å². The molecule has 0 atom stereocenters. The molecule has 0 bridgehead atoms. The smallest absolute Gasteiger partial charge is 0.293 e. The molecule has 0 aromatic heterocycles. The molecule has 7 heteroatoms. The van der Waals surface area contributed by atoms with Crippen LogP contribution in [0.25, 0.3) is 0 Å². The fourth-order valence-corrected chi connectivity index (χ4v) is 2.38. The number of nitrogens with one attached hydrogen (secondary N) is 1. The Bertz CT molecular complexity index is 611. The van der Waals surface area contributed by atoms with Crippen molar-refractivity contribution in [1.29, 1.82) is 0 Å². The van der Waals surface area contributed by atoms with E-state index in [4.69, 9.17) is 5.73 Å². The molecular formula is C16H24N4O3. The number of amides is 1. The lowest BCUT2D eigenvalue weighted by Gasteiger charge is -2.29. The number of hydrogen-bond donors (Lipinski definition) is 2. The average Bonchev–Trinajstić information content (AvgIpc) is 3.30. The SMILES string of the molecule is CN(CC(C)(C)CN)C(=O)c1ccc(NC2CC2)c([N+](=O)[O-])c1. The van der Waals surface area contributed by atoms with Crippen molar-refractivity contribution >= 4 is 17.3 Å². The third-order valence-corrected chi connectivity index (χ3v) is 3.94. The number of anilines is 1. The van der Waals surface area contributed by atoms with Gasteiger partial charge in [-0.3, -0.25) is 14.9 Å². The van der Waals surface area contributed by atoms with E-state index in [1.165, 1.54) is 6.07 Å². The highest BCUT2D eigenvalue weighted by atomic mass is 16.6. The summed E-state index contributed by atoms with van der Waals surface area (Å²) in [6.45, 7) is 4.89. The number of nitrogens with two attached hydrogens (primary N) is 1. The molecule has 126 valence electrons. The van der Waals surface area contributed by atoms with Gasteiger partial charge in [0, 0.05) is 31.3 Å². The van der Waals surface area contributed by atoms with Crippen molar-refractivity contribution in [3.63, 3.8) is 0 Å². The summed E-state index contributed by atoms with van der Waals surface area (Å²) in [5.74, 6) is -0.243. The van der Waals surface area contributed by atoms with Crippen LogP contribution in [0.15, 0.2) is 18.2 Å². The van der Waals surface area contributed by atoms with Crippen LogP contribution < -0.4 is 11.1 Å². The molecule has 0 aliphatic heterocycles. The number of nitro benzene ring substituents is 1. The van der Waals surface area contributed by atoms with Gasteiger partial charge in [0.25, 0.3) is 11.6 Å². The second-order valence-corrected chi connectivity index (χ2v) is 6.94. The number of nitro groups is 1. The Balaban J connectivity index is 2.19. The molecule has 3 N–H and O–H groups in total. The second kappa shape index (κ2) is 6.54. The molecule has 1 saturated carbocycles. The largest absolute Gasteiger partial charge is 0.377 e. The topological polar surface area (TPSA) is 102 Å². The van der Waals surface area contributed by atoms with Crippen molar-refractivity contribution in [2.45, 2.75) is 32.7 Å². The Labute approximate surface area is 136 Å². The molecule has 1 aliphatic carbocycles. The maximum absolute atomic E-state index is 12.5. The van der Waals surface area contributed by atoms with Gasteiger partial charge in [0.2, 0.25) is 0 Å². The van der Waals surface area contributed by atoms with Gasteiger partial charge in [-0.2, -0.15) is 0 Å². The van der Waals surface area contributed by atoms with E-state index >= 15 is 0 Å². The van der Waals surface area contributed by atoms with Gasteiger partial charge in [-0.1, -0.05) is 13.8 Å². The van der Waals surface area contributed by atoms with Gasteiger partial charge < -0.3 is 16.0 Å². The summed E-state index contributed by atoms with van der Waals surface area (Å²) in [5.41, 5.74) is 6.21. The lowest BCUT2D eigenvalue weighted by atomic mass is 9.93. The van der Waals surface area contributed by atoms with Crippen LogP contribution >= 0.6 is 0 Å². The van der Waals surface area contributed by atoms with Gasteiger partial charge >= 0.3 is 0 Å². The van der Waals surface area contributed by atoms with Crippen LogP contribution in [0.1, 0.15) is 37.0 Å². The van der Waals surface area contributed by atoms with Crippen LogP contribution in [-0.2, 0) is 0 Å². The maximum atomic E-state index is 12.5. The molecule has 2 rings (SSSR count). The average molecular weight is 320 g/mol. The summed E-state index contributed by atoms with van der Waals surface area (Å²) in [7, 11) is 1.68. The fourth-order valence-electron chi connectivity index (χ4n) is 2.38. The van der Waals surface area contributed by atoms with Gasteiger partial charge in [0.15, 0.2) is 0 Å². The summed E-state index contributed by atoms with van der Waals surface area (Å²) >= 11 is 0. The minimum absolute atomic E-state index is 0.0609. The summed E-state index contributed by atoms with van der Waals surface area (Å²) in [6.07, 6.45) is 2.05. The number of hydrogen-bond acceptors (Lipinski definition) is 5. The van der Waals surface area contributed by atoms with Gasteiger partial charge in [-0.25, -0.2) is 0 Å². The molecular weight excluding hydrogens is 296 g/mol. The van der Waals surface area contributed by atoms with Crippen LogP contribution in [0.2, 0.25) is 0 Å². The van der Waals surface area contributed by atoms with Crippen LogP contribution in [0.3, 0.4) is 0 Å². The van der Waals surface area contributed by atoms with Gasteiger partial charge in [-0.05, 0) is 36.9 Å². The number of rotatable bonds is 7. The molecule has 0 radical (unpaired) electrons. The Morgan fingerprint density at radius 2 is 2.13 bits per heavy atom. The summed E-state index contributed by atoms with van der Waals surface area (Å²) in [4.78, 5) is 24.9. The quantitative estimate of drug-likeness (QED) is 0.592. The Morgan fingerprint density at radius 3 is 2.65 bits per heavy atom. The molecule has 1 aromatic rings. The first-order chi connectivity index (χ1) is 10.7. The van der Waals surface area contributed by atoms with Crippen molar-refractivity contribution in [3.8, 4) is 0 Å². The Hall–Kier alpha value is -2.15. The number of benzene rings is 1. The monoisotopic (exact) mass is 320 g/mol. The van der Waals surface area contributed by atoms with Crippen molar-refractivity contribution < 1.29 is 9.72 Å². The predicted molar refractivity (Wildman–Crippen MR) is 89.5 cm³/mol. The van der Waals surface area contributed by atoms with Crippen molar-refractivity contribution in [2.75, 3.05) is 25.5 Å². The van der Waals surface area contributed by atoms with E-state index in [0.717, 1.165) is 12.8 Å². The van der Waals surface area contributed by atoms with E-state index in [9.17, 15) is 14.9 Å². The van der Waals surface area contributed by atoms with Crippen LogP contribution in [0.5, 0.6) is 0 Å². The van der Waals surface area contributed by atoms with E-state index < -0.39 is 4.92 Å². The first kappa shape index (κ1) is 17.2. The summed E-state index contributed by atoms with van der Waals surface area (Å²) in [5, 5.41) is 14.4. The number of carbonyl (C=O) groups is 1. The molecule has 23 heavy (non-hydrogen) atoms. The lowest BCUT2D eigenvalue weighted by molar-refractivity contribution is -0.384. The van der Waals surface area contributed by atoms with Gasteiger partial charge in [0.1, 0.15) is 5.69 Å². The van der Waals surface area contributed by atoms with Crippen LogP contribution in [-0.4, -0.2) is 41.9 Å². The van der Waals surface area contributed by atoms with Crippen molar-refractivity contribution in [1.82, 2.24) is 4.90 Å². The highest BCUT2D eigenvalue weighted by Gasteiger charge is 2.27. The first-order valence-corrected chi connectivity index (χ1v) is 7.74. The third-order valence-electron chi connectivity index (χ3n) is 3.94. The second-order valence-electron chi connectivity index (χ2n) is 6.94. The zero-order chi connectivity index (χ0) is 17.2. The van der Waals surface area contributed by atoms with E-state index in [2.05, 4.69) is 5.32 Å². The molecule has 1 amide bonds. The zero-order valence-corrected chi connectivity index (χ0v) is 13.8. The third kappa shape index (κ3) is 4.41. The van der Waals surface area contributed by atoms with E-state index in [-0.39, 0.29) is 17.0 Å². The predicted octanol–water partition coefficient (Wildman–Crippen LogP) is 2.23. The number of carbonyl (C=O) groups excluding carboxylic acids is 1. The van der Waals surface area contributed by atoms with Crippen molar-refractivity contribution in [2.24, 2.45) is 11.1 Å². The minimum atomic E-state index is -0.453. The molecule has 0 heterocycles. The van der Waals surface area contributed by atoms with E-state index in [0.29, 0.717) is 30.4 Å². The molecule has 7 nitrogen and oxygen atoms in total. The highest BCUT2D eigenvalue weighted by Crippen LogP contribution is 2.31. The molecule has 1 fully saturated rings. The summed E-state index contributed by atoms with van der Waals surface area (Å²) < 4.78 is 0. The summed E-state index contributed by atoms with van der Waals surface area (Å²) in [6, 6.07) is 4.90. The van der Waals surface area contributed by atoms with Gasteiger partial charge in [-0.15, -0.1) is 0 Å². The first-order valence-electron chi connectivity index (χ1n) is 7.74. The Morgan fingerprint density at radius 1 is 1.48 bits per heavy atom. The molecule has 0 saturated heterocycles. The van der Waals surface area contributed by atoms with Crippen molar-refractivity contribution in [3.05, 3.63) is 33.9 Å². The van der Waals surface area contributed by atoms with Gasteiger partial charge in [0.05, 0.1) is 4.92 Å². The minimum Gasteiger partial charge on any atom is -0.377 e. The van der Waals surface area contributed by atoms with Crippen LogP contribution in [0, 0.1) is 15.5 Å². The fraction of sp³-hybridized carbons (Fsp3) is 0.562. The normalized spacial score (nSPS) is 14.4. The number of nitrogens with zero attached hydrogens (tertiary/aromatic N) is 2. The lowest BCUT2D eigenvalue weighted by Crippen LogP contribution is -2.39. The van der Waals surface area contributed by atoms with E-state index in [1.807, 2.05) is 13.8 Å². The maximum Gasteiger partial charge on any atom is 0.293 e.